The fourth-order valence-corrected chi connectivity index (χ4v) is 13.5. The summed E-state index contributed by atoms with van der Waals surface area (Å²) < 4.78 is 91.1. The lowest BCUT2D eigenvalue weighted by atomic mass is 9.92. The third-order valence-corrected chi connectivity index (χ3v) is 19.6. The summed E-state index contributed by atoms with van der Waals surface area (Å²) in [5.74, 6) is 0. The van der Waals surface area contributed by atoms with Crippen LogP contribution in [0.2, 0.25) is 0 Å². The van der Waals surface area contributed by atoms with E-state index in [9.17, 15) is 169 Å². The van der Waals surface area contributed by atoms with Crippen LogP contribution in [0.3, 0.4) is 0 Å². The molecule has 49 nitrogen and oxygen atoms in total. The van der Waals surface area contributed by atoms with E-state index in [0.717, 1.165) is 0 Å². The van der Waals surface area contributed by atoms with Crippen LogP contribution in [0, 0.1) is 0 Å². The monoisotopic (exact) mass is 1580 g/mol. The Morgan fingerprint density at radius 1 is 0.215 bits per heavy atom. The van der Waals surface area contributed by atoms with Crippen LogP contribution in [0.4, 0.5) is 0 Å². The predicted octanol–water partition coefficient (Wildman–Crippen LogP) is -22.5. The van der Waals surface area contributed by atoms with Crippen LogP contribution in [-0.2, 0) is 75.8 Å². The molecule has 0 aromatic rings. The maximum absolute atomic E-state index is 12.1. The van der Waals surface area contributed by atoms with Gasteiger partial charge in [0.05, 0.1) is 52.9 Å². The number of rotatable bonds is 32. The second-order valence-electron chi connectivity index (χ2n) is 26.7. The first-order valence-electron chi connectivity index (χ1n) is 33.9. The molecular weight excluding hydrogens is 1480 g/mol. The standard InChI is InChI=1S/C58H102O49/c1-2-92-57-49(25(80)23(78)38(99-57)12(68)4-60)107-58-50(26(81)24(79)39(100-58)13(69)5-61)106-52-28(83)20(75)22(77)44(101-52)18(10-66)93-53-33(88)45(29(84)40(95-53)14(70)6-62)103-55-35(90)47(31(86)42(97-55)16(72)8-64)105-56-36(91)48(32(87)43(98-56)17(73)9-65)104-54-34(89)46(30(85)41(96-54)15(71)7-63)102-51-27(82)19(74)21(76)37(94-51)11(67)3-59/h11-91H,2-10H2,1H3/t11-,12-,13-,14-,15-,16-,17-,18-,19+,20+,21+,22+,23+,24+,25+,26+,27?,28?,29-,30-,31-,32-,33?,34?,35?,36?,37?,38?,39?,40?,41+,42+,43?,44?,45+,46?,47?,48+,49?,50?,51-,52-,53+,54-,55-,56-,57+,58-/m1/s1. The van der Waals surface area contributed by atoms with Gasteiger partial charge in [0.25, 0.3) is 0 Å². The zero-order valence-electron chi connectivity index (χ0n) is 56.4. The number of hydrogen-bond acceptors (Lipinski definition) is 49. The molecule has 0 amide bonds. The molecule has 48 atom stereocenters. The van der Waals surface area contributed by atoms with Gasteiger partial charge in [-0.15, -0.1) is 0 Å². The van der Waals surface area contributed by atoms with Gasteiger partial charge < -0.3 is 244 Å². The summed E-state index contributed by atoms with van der Waals surface area (Å²) >= 11 is 0. The van der Waals surface area contributed by atoms with Gasteiger partial charge >= 0.3 is 0 Å². The highest BCUT2D eigenvalue weighted by atomic mass is 16.8. The Bertz CT molecular complexity index is 2610. The van der Waals surface area contributed by atoms with Crippen molar-refractivity contribution in [1.29, 1.82) is 0 Å². The van der Waals surface area contributed by atoms with E-state index < -0.39 is 347 Å². The van der Waals surface area contributed by atoms with Crippen LogP contribution in [0.15, 0.2) is 0 Å². The summed E-state index contributed by atoms with van der Waals surface area (Å²) in [5, 5.41) is 361. The SMILES string of the molecule is CCO[C@H]1OC([C@H](O)CO)[C@@H](O)[C@H](O)C1O[C@H]1OC([C@H](O)CO)[C@@H](O)[C@H](O)C1O[C@H]1OC([C@@H](CO)O[C@H]2OC([C@H](O)CO)[C@@H](O)[C@H](O[C@H]3O[C@@H]([C@H](O)CO)[C@@H](O)C(O[C@H]4OC([C@H](O)CO)[C@@H](O)[C@H](O[C@H]5O[C@@H]([C@H](O)CO)[C@@H](O)C(O[C@H]6OC([C@H](O)CO)[C@@H](O)[C@H](O)C6O)C5O)C4O)C3O)C2O)[C@@H](O)[C@H](O)C1O. The van der Waals surface area contributed by atoms with Gasteiger partial charge in [0.1, 0.15) is 244 Å². The molecule has 33 N–H and O–H groups in total. The van der Waals surface area contributed by atoms with Crippen molar-refractivity contribution >= 4 is 0 Å². The first kappa shape index (κ1) is 90.6. The number of aliphatic hydroxyl groups excluding tert-OH is 33. The van der Waals surface area contributed by atoms with E-state index in [1.165, 1.54) is 6.92 Å². The summed E-state index contributed by atoms with van der Waals surface area (Å²) in [6, 6.07) is 0. The van der Waals surface area contributed by atoms with Gasteiger partial charge in [-0.3, -0.25) is 0 Å². The van der Waals surface area contributed by atoms with Crippen LogP contribution in [-0.4, -0.2) is 522 Å². The topological polar surface area (TPSA) is 815 Å². The van der Waals surface area contributed by atoms with Crippen LogP contribution in [0.5, 0.6) is 0 Å². The molecule has 0 saturated carbocycles. The maximum atomic E-state index is 12.1. The maximum Gasteiger partial charge on any atom is 0.187 e. The summed E-state index contributed by atoms with van der Waals surface area (Å²) in [6.45, 7) is -8.60. The summed E-state index contributed by atoms with van der Waals surface area (Å²) in [6.07, 6.45) is -110. The molecule has 628 valence electrons. The zero-order valence-corrected chi connectivity index (χ0v) is 56.4. The Morgan fingerprint density at radius 2 is 0.430 bits per heavy atom. The third-order valence-electron chi connectivity index (χ3n) is 19.6. The molecule has 8 rings (SSSR count). The molecule has 0 aromatic heterocycles. The van der Waals surface area contributed by atoms with E-state index in [1.54, 1.807) is 0 Å². The minimum Gasteiger partial charge on any atom is -0.394 e. The predicted molar refractivity (Wildman–Crippen MR) is 322 cm³/mol. The highest BCUT2D eigenvalue weighted by Crippen LogP contribution is 2.41. The van der Waals surface area contributed by atoms with E-state index >= 15 is 0 Å². The van der Waals surface area contributed by atoms with Crippen molar-refractivity contribution in [3.8, 4) is 0 Å². The molecule has 0 aliphatic carbocycles. The van der Waals surface area contributed by atoms with E-state index in [4.69, 9.17) is 75.8 Å². The van der Waals surface area contributed by atoms with Gasteiger partial charge in [0.2, 0.25) is 0 Å². The third kappa shape index (κ3) is 19.3. The van der Waals surface area contributed by atoms with Crippen LogP contribution < -0.4 is 0 Å². The fraction of sp³-hybridized carbons (Fsp3) is 1.00. The molecule has 8 aliphatic rings. The molecule has 0 aromatic carbocycles. The van der Waals surface area contributed by atoms with E-state index in [1.807, 2.05) is 0 Å². The molecule has 8 fully saturated rings. The van der Waals surface area contributed by atoms with Crippen molar-refractivity contribution in [2.75, 3.05) is 59.5 Å². The number of ether oxygens (including phenoxy) is 16. The van der Waals surface area contributed by atoms with Gasteiger partial charge in [-0.2, -0.15) is 0 Å². The van der Waals surface area contributed by atoms with Crippen molar-refractivity contribution in [3.63, 3.8) is 0 Å². The largest absolute Gasteiger partial charge is 0.394 e. The lowest BCUT2D eigenvalue weighted by molar-refractivity contribution is -0.407. The quantitative estimate of drug-likeness (QED) is 0.0297. The minimum absolute atomic E-state index is 0.229. The second kappa shape index (κ2) is 39.6. The molecule has 49 heteroatoms. The molecule has 0 radical (unpaired) electrons. The Morgan fingerprint density at radius 3 is 0.729 bits per heavy atom. The Labute approximate surface area is 604 Å². The van der Waals surface area contributed by atoms with Crippen LogP contribution in [0.25, 0.3) is 0 Å². The van der Waals surface area contributed by atoms with Crippen LogP contribution in [0.1, 0.15) is 6.92 Å². The average Bonchev–Trinajstić information content (AvgIpc) is 0.787. The molecule has 8 heterocycles. The van der Waals surface area contributed by atoms with Crippen LogP contribution >= 0.6 is 0 Å². The second-order valence-corrected chi connectivity index (χ2v) is 26.7. The average molecular weight is 1580 g/mol. The van der Waals surface area contributed by atoms with Gasteiger partial charge in [-0.1, -0.05) is 0 Å². The molecular formula is C58H102O49. The minimum atomic E-state index is -2.65. The summed E-state index contributed by atoms with van der Waals surface area (Å²) in [5.41, 5.74) is 0. The molecule has 0 bridgehead atoms. The summed E-state index contributed by atoms with van der Waals surface area (Å²) in [4.78, 5) is 0. The first-order chi connectivity index (χ1) is 50.6. The van der Waals surface area contributed by atoms with Crippen molar-refractivity contribution < 1.29 is 244 Å². The number of aliphatic hydroxyl groups is 33. The van der Waals surface area contributed by atoms with Crippen molar-refractivity contribution in [2.45, 2.75) is 301 Å². The number of hydrogen-bond donors (Lipinski definition) is 33. The normalized spacial score (nSPS) is 49.1. The molecule has 8 saturated heterocycles. The molecule has 0 spiro atoms. The Hall–Kier alpha value is -1.96. The van der Waals surface area contributed by atoms with Crippen molar-refractivity contribution in [3.05, 3.63) is 0 Å². The highest BCUT2D eigenvalue weighted by Gasteiger charge is 2.62. The summed E-state index contributed by atoms with van der Waals surface area (Å²) in [7, 11) is 0. The smallest absolute Gasteiger partial charge is 0.187 e. The van der Waals surface area contributed by atoms with Gasteiger partial charge in [-0.25, -0.2) is 0 Å². The zero-order chi connectivity index (χ0) is 79.4. The van der Waals surface area contributed by atoms with E-state index in [0.29, 0.717) is 0 Å². The van der Waals surface area contributed by atoms with E-state index in [-0.39, 0.29) is 6.61 Å². The lowest BCUT2D eigenvalue weighted by Crippen LogP contribution is -2.70. The van der Waals surface area contributed by atoms with Gasteiger partial charge in [-0.05, 0) is 6.92 Å². The van der Waals surface area contributed by atoms with E-state index in [2.05, 4.69) is 0 Å². The molecule has 8 aliphatic heterocycles. The highest BCUT2D eigenvalue weighted by molar-refractivity contribution is 5.05. The van der Waals surface area contributed by atoms with Gasteiger partial charge in [0.15, 0.2) is 50.3 Å². The van der Waals surface area contributed by atoms with Crippen molar-refractivity contribution in [1.82, 2.24) is 0 Å². The van der Waals surface area contributed by atoms with Gasteiger partial charge in [0, 0.05) is 6.61 Å². The fourth-order valence-electron chi connectivity index (χ4n) is 13.5. The Kier molecular flexibility index (Phi) is 33.5. The lowest BCUT2D eigenvalue weighted by Gasteiger charge is -2.51. The van der Waals surface area contributed by atoms with Crippen molar-refractivity contribution in [2.24, 2.45) is 0 Å². The molecule has 16 unspecified atom stereocenters. The molecule has 107 heavy (non-hydrogen) atoms. The Balaban J connectivity index is 1.04. The first-order valence-corrected chi connectivity index (χ1v) is 33.9.